The highest BCUT2D eigenvalue weighted by Gasteiger charge is 2.22. The van der Waals surface area contributed by atoms with Crippen LogP contribution in [-0.2, 0) is 4.74 Å². The Kier molecular flexibility index (Phi) is 5.93. The van der Waals surface area contributed by atoms with E-state index in [9.17, 15) is 0 Å². The van der Waals surface area contributed by atoms with Crippen LogP contribution in [0.1, 0.15) is 46.0 Å². The van der Waals surface area contributed by atoms with Gasteiger partial charge in [-0.15, -0.1) is 0 Å². The van der Waals surface area contributed by atoms with Gasteiger partial charge in [-0.05, 0) is 32.6 Å². The van der Waals surface area contributed by atoms with E-state index in [4.69, 9.17) is 4.74 Å². The number of hydrogen-bond donors (Lipinski definition) is 1. The zero-order valence-electron chi connectivity index (χ0n) is 12.2. The molecule has 106 valence electrons. The largest absolute Gasteiger partial charge is 0.379 e. The van der Waals surface area contributed by atoms with Crippen molar-refractivity contribution in [3.8, 4) is 0 Å². The molecular formula is C15H30N2O. The van der Waals surface area contributed by atoms with E-state index in [-0.39, 0.29) is 0 Å². The van der Waals surface area contributed by atoms with Crippen molar-refractivity contribution in [3.63, 3.8) is 0 Å². The molecule has 0 amide bonds. The van der Waals surface area contributed by atoms with Crippen molar-refractivity contribution in [3.05, 3.63) is 0 Å². The highest BCUT2D eigenvalue weighted by atomic mass is 16.5. The molecule has 2 rings (SSSR count). The third-order valence-electron chi connectivity index (χ3n) is 4.54. The van der Waals surface area contributed by atoms with Crippen LogP contribution in [0.15, 0.2) is 0 Å². The van der Waals surface area contributed by atoms with Crippen LogP contribution >= 0.6 is 0 Å². The lowest BCUT2D eigenvalue weighted by Crippen LogP contribution is -2.48. The second kappa shape index (κ2) is 7.46. The van der Waals surface area contributed by atoms with Gasteiger partial charge in [0.05, 0.1) is 13.2 Å². The van der Waals surface area contributed by atoms with E-state index < -0.39 is 0 Å². The molecule has 0 bridgehead atoms. The van der Waals surface area contributed by atoms with Crippen LogP contribution in [-0.4, -0.2) is 49.8 Å². The monoisotopic (exact) mass is 254 g/mol. The second-order valence-corrected chi connectivity index (χ2v) is 6.17. The summed E-state index contributed by atoms with van der Waals surface area (Å²) < 4.78 is 5.40. The fourth-order valence-electron chi connectivity index (χ4n) is 3.44. The van der Waals surface area contributed by atoms with Crippen molar-refractivity contribution in [2.45, 2.75) is 58.0 Å². The SMILES string of the molecule is CC(CN1CCOCC1)NC(C)C1CCCCC1. The average molecular weight is 254 g/mol. The molecule has 1 heterocycles. The van der Waals surface area contributed by atoms with Crippen LogP contribution in [0.25, 0.3) is 0 Å². The number of morpholine rings is 1. The smallest absolute Gasteiger partial charge is 0.0594 e. The third kappa shape index (κ3) is 4.52. The molecule has 1 saturated heterocycles. The van der Waals surface area contributed by atoms with Crippen LogP contribution < -0.4 is 5.32 Å². The van der Waals surface area contributed by atoms with Crippen molar-refractivity contribution < 1.29 is 4.74 Å². The molecule has 0 aromatic carbocycles. The Labute approximate surface area is 112 Å². The van der Waals surface area contributed by atoms with E-state index in [0.29, 0.717) is 12.1 Å². The summed E-state index contributed by atoms with van der Waals surface area (Å²) in [5.74, 6) is 0.908. The van der Waals surface area contributed by atoms with Crippen molar-refractivity contribution in [1.29, 1.82) is 0 Å². The van der Waals surface area contributed by atoms with E-state index in [0.717, 1.165) is 32.2 Å². The van der Waals surface area contributed by atoms with Crippen molar-refractivity contribution in [2.24, 2.45) is 5.92 Å². The zero-order valence-corrected chi connectivity index (χ0v) is 12.2. The van der Waals surface area contributed by atoms with Gasteiger partial charge in [0.2, 0.25) is 0 Å². The number of nitrogens with zero attached hydrogens (tertiary/aromatic N) is 1. The minimum Gasteiger partial charge on any atom is -0.379 e. The summed E-state index contributed by atoms with van der Waals surface area (Å²) in [4.78, 5) is 2.52. The first-order valence-electron chi connectivity index (χ1n) is 7.82. The molecule has 3 heteroatoms. The molecule has 1 N–H and O–H groups in total. The van der Waals surface area contributed by atoms with Gasteiger partial charge in [-0.3, -0.25) is 4.90 Å². The molecule has 2 atom stereocenters. The van der Waals surface area contributed by atoms with E-state index in [2.05, 4.69) is 24.1 Å². The number of hydrogen-bond acceptors (Lipinski definition) is 3. The predicted molar refractivity (Wildman–Crippen MR) is 75.9 cm³/mol. The molecule has 3 nitrogen and oxygen atoms in total. The first-order chi connectivity index (χ1) is 8.75. The molecule has 0 spiro atoms. The van der Waals surface area contributed by atoms with Gasteiger partial charge >= 0.3 is 0 Å². The molecule has 1 aliphatic carbocycles. The second-order valence-electron chi connectivity index (χ2n) is 6.17. The third-order valence-corrected chi connectivity index (χ3v) is 4.54. The van der Waals surface area contributed by atoms with Gasteiger partial charge in [-0.25, -0.2) is 0 Å². The fraction of sp³-hybridized carbons (Fsp3) is 1.00. The van der Waals surface area contributed by atoms with E-state index in [1.807, 2.05) is 0 Å². The topological polar surface area (TPSA) is 24.5 Å². The summed E-state index contributed by atoms with van der Waals surface area (Å²) >= 11 is 0. The normalized spacial score (nSPS) is 27.0. The molecule has 2 aliphatic rings. The molecule has 2 unspecified atom stereocenters. The molecule has 1 saturated carbocycles. The highest BCUT2D eigenvalue weighted by Crippen LogP contribution is 2.26. The van der Waals surface area contributed by atoms with Crippen molar-refractivity contribution >= 4 is 0 Å². The van der Waals surface area contributed by atoms with Crippen LogP contribution in [0.3, 0.4) is 0 Å². The van der Waals surface area contributed by atoms with Crippen LogP contribution in [0.2, 0.25) is 0 Å². The summed E-state index contributed by atoms with van der Waals surface area (Å²) in [5, 5.41) is 3.81. The Morgan fingerprint density at radius 3 is 2.44 bits per heavy atom. The minimum atomic E-state index is 0.597. The predicted octanol–water partition coefficient (Wildman–Crippen LogP) is 2.27. The Balaban J connectivity index is 1.67. The van der Waals surface area contributed by atoms with Gasteiger partial charge < -0.3 is 10.1 Å². The summed E-state index contributed by atoms with van der Waals surface area (Å²) in [6.07, 6.45) is 7.19. The number of nitrogens with one attached hydrogen (secondary N) is 1. The quantitative estimate of drug-likeness (QED) is 0.814. The maximum atomic E-state index is 5.40. The average Bonchev–Trinajstić information content (AvgIpc) is 2.40. The van der Waals surface area contributed by atoms with Crippen molar-refractivity contribution in [2.75, 3.05) is 32.8 Å². The summed E-state index contributed by atoms with van der Waals surface area (Å²) in [5.41, 5.74) is 0. The standard InChI is InChI=1S/C15H30N2O/c1-13(12-17-8-10-18-11-9-17)16-14(2)15-6-4-3-5-7-15/h13-16H,3-12H2,1-2H3. The minimum absolute atomic E-state index is 0.597. The first kappa shape index (κ1) is 14.3. The molecule has 0 aromatic rings. The zero-order chi connectivity index (χ0) is 12.8. The van der Waals surface area contributed by atoms with E-state index in [1.165, 1.54) is 38.6 Å². The maximum absolute atomic E-state index is 5.40. The fourth-order valence-corrected chi connectivity index (χ4v) is 3.44. The van der Waals surface area contributed by atoms with Gasteiger partial charge in [0, 0.05) is 31.7 Å². The van der Waals surface area contributed by atoms with Gasteiger partial charge in [0.15, 0.2) is 0 Å². The Morgan fingerprint density at radius 2 is 1.78 bits per heavy atom. The first-order valence-corrected chi connectivity index (χ1v) is 7.82. The van der Waals surface area contributed by atoms with Crippen LogP contribution in [0.5, 0.6) is 0 Å². The highest BCUT2D eigenvalue weighted by molar-refractivity contribution is 4.79. The molecule has 1 aliphatic heterocycles. The molecule has 18 heavy (non-hydrogen) atoms. The van der Waals surface area contributed by atoms with Crippen molar-refractivity contribution in [1.82, 2.24) is 10.2 Å². The molecule has 0 aromatic heterocycles. The van der Waals surface area contributed by atoms with E-state index >= 15 is 0 Å². The van der Waals surface area contributed by atoms with Gasteiger partial charge in [-0.1, -0.05) is 19.3 Å². The Hall–Kier alpha value is -0.120. The Morgan fingerprint density at radius 1 is 1.11 bits per heavy atom. The van der Waals surface area contributed by atoms with E-state index in [1.54, 1.807) is 0 Å². The van der Waals surface area contributed by atoms with Crippen LogP contribution in [0.4, 0.5) is 0 Å². The summed E-state index contributed by atoms with van der Waals surface area (Å²) in [7, 11) is 0. The lowest BCUT2D eigenvalue weighted by atomic mass is 9.84. The molecule has 2 fully saturated rings. The van der Waals surface area contributed by atoms with Gasteiger partial charge in [-0.2, -0.15) is 0 Å². The summed E-state index contributed by atoms with van der Waals surface area (Å²) in [6.45, 7) is 9.89. The molecule has 0 radical (unpaired) electrons. The lowest BCUT2D eigenvalue weighted by Gasteiger charge is -2.34. The number of rotatable bonds is 5. The van der Waals surface area contributed by atoms with Gasteiger partial charge in [0.25, 0.3) is 0 Å². The summed E-state index contributed by atoms with van der Waals surface area (Å²) in [6, 6.07) is 1.28. The maximum Gasteiger partial charge on any atom is 0.0594 e. The van der Waals surface area contributed by atoms with Crippen LogP contribution in [0, 0.1) is 5.92 Å². The lowest BCUT2D eigenvalue weighted by molar-refractivity contribution is 0.0334. The Bertz CT molecular complexity index is 223. The molecular weight excluding hydrogens is 224 g/mol. The van der Waals surface area contributed by atoms with Gasteiger partial charge in [0.1, 0.15) is 0 Å². The number of ether oxygens (including phenoxy) is 1.